The number of thiol groups is 1. The van der Waals surface area contributed by atoms with Gasteiger partial charge in [-0.15, -0.1) is 11.7 Å². The van der Waals surface area contributed by atoms with E-state index >= 15 is 0 Å². The summed E-state index contributed by atoms with van der Waals surface area (Å²) in [6.45, 7) is 13.1. The molecule has 0 aliphatic carbocycles. The van der Waals surface area contributed by atoms with E-state index in [2.05, 4.69) is 42.4 Å². The Morgan fingerprint density at radius 1 is 1.32 bits per heavy atom. The van der Waals surface area contributed by atoms with Gasteiger partial charge in [0.1, 0.15) is 0 Å². The number of carbonyl (C=O) groups excluding carboxylic acids is 1. The summed E-state index contributed by atoms with van der Waals surface area (Å²) in [7, 11) is 5.59. The number of carbonyl (C=O) groups is 1. The Labute approximate surface area is 145 Å². The van der Waals surface area contributed by atoms with Gasteiger partial charge in [0.25, 0.3) is 0 Å². The van der Waals surface area contributed by atoms with Crippen molar-refractivity contribution in [2.24, 2.45) is 0 Å². The van der Waals surface area contributed by atoms with Gasteiger partial charge < -0.3 is 9.80 Å². The smallest absolute Gasteiger partial charge is 0.320 e. The van der Waals surface area contributed by atoms with E-state index in [4.69, 9.17) is 0 Å². The van der Waals surface area contributed by atoms with E-state index in [0.29, 0.717) is 11.4 Å². The first-order valence-electron chi connectivity index (χ1n) is 8.04. The summed E-state index contributed by atoms with van der Waals surface area (Å²) in [4.78, 5) is 21.0. The molecular formula is C15H32N4OS2. The first-order chi connectivity index (χ1) is 10.3. The van der Waals surface area contributed by atoms with Crippen molar-refractivity contribution >= 4 is 28.5 Å². The van der Waals surface area contributed by atoms with Crippen LogP contribution < -0.4 is 0 Å². The highest BCUT2D eigenvalue weighted by molar-refractivity contribution is 8.68. The van der Waals surface area contributed by atoms with E-state index in [1.165, 1.54) is 0 Å². The molecule has 7 heteroatoms. The molecule has 1 heterocycles. The first-order valence-corrected chi connectivity index (χ1v) is 9.97. The van der Waals surface area contributed by atoms with Crippen LogP contribution in [-0.4, -0.2) is 89.9 Å². The van der Waals surface area contributed by atoms with Crippen molar-refractivity contribution in [1.29, 1.82) is 0 Å². The molecule has 22 heavy (non-hydrogen) atoms. The third kappa shape index (κ3) is 5.51. The normalized spacial score (nSPS) is 21.5. The summed E-state index contributed by atoms with van der Waals surface area (Å²) in [5.41, 5.74) is 0. The summed E-state index contributed by atoms with van der Waals surface area (Å²) in [5.74, 6) is 0. The number of likely N-dealkylation sites (N-methyl/N-ethyl adjacent to an activating group) is 1. The third-order valence-electron chi connectivity index (χ3n) is 4.63. The molecular weight excluding hydrogens is 316 g/mol. The quantitative estimate of drug-likeness (QED) is 0.453. The number of piperazine rings is 1. The molecule has 5 nitrogen and oxygen atoms in total. The highest BCUT2D eigenvalue weighted by Gasteiger charge is 2.28. The summed E-state index contributed by atoms with van der Waals surface area (Å²) in [6, 6.07) is 0.805. The summed E-state index contributed by atoms with van der Waals surface area (Å²) in [6.07, 6.45) is 0. The lowest BCUT2D eigenvalue weighted by molar-refractivity contribution is 0.0751. The predicted molar refractivity (Wildman–Crippen MR) is 99.6 cm³/mol. The maximum atomic E-state index is 12.4. The van der Waals surface area contributed by atoms with E-state index in [9.17, 15) is 4.79 Å². The fourth-order valence-corrected chi connectivity index (χ4v) is 3.24. The number of hydrogen-bond acceptors (Lipinski definition) is 5. The zero-order valence-electron chi connectivity index (χ0n) is 14.8. The van der Waals surface area contributed by atoms with Gasteiger partial charge in [0.15, 0.2) is 0 Å². The van der Waals surface area contributed by atoms with E-state index in [0.717, 1.165) is 32.7 Å². The fourth-order valence-electron chi connectivity index (χ4n) is 2.49. The molecule has 0 N–H and O–H groups in total. The van der Waals surface area contributed by atoms with Crippen molar-refractivity contribution in [2.45, 2.75) is 45.2 Å². The molecule has 0 aromatic heterocycles. The van der Waals surface area contributed by atoms with E-state index in [1.807, 2.05) is 30.7 Å². The average Bonchev–Trinajstić information content (AvgIpc) is 2.50. The minimum Gasteiger partial charge on any atom is -0.325 e. The van der Waals surface area contributed by atoms with Crippen LogP contribution in [0.15, 0.2) is 0 Å². The second kappa shape index (κ2) is 9.25. The Balaban J connectivity index is 2.44. The van der Waals surface area contributed by atoms with Gasteiger partial charge in [0.05, 0.1) is 5.37 Å². The molecule has 1 rings (SSSR count). The van der Waals surface area contributed by atoms with Crippen molar-refractivity contribution in [3.8, 4) is 0 Å². The SMILES string of the molecule is CC(SS)N(C)CCN1CCN(C(=O)N(C)C(C)C)CC1C. The van der Waals surface area contributed by atoms with Crippen LogP contribution in [-0.2, 0) is 0 Å². The van der Waals surface area contributed by atoms with Crippen molar-refractivity contribution in [3.63, 3.8) is 0 Å². The number of urea groups is 1. The van der Waals surface area contributed by atoms with Gasteiger partial charge in [-0.2, -0.15) is 0 Å². The molecule has 0 bridgehead atoms. The number of rotatable bonds is 6. The Bertz CT molecular complexity index is 356. The van der Waals surface area contributed by atoms with Crippen LogP contribution in [0.1, 0.15) is 27.7 Å². The van der Waals surface area contributed by atoms with Gasteiger partial charge in [-0.25, -0.2) is 4.79 Å². The molecule has 0 spiro atoms. The molecule has 1 aliphatic heterocycles. The number of nitrogens with zero attached hydrogens (tertiary/aromatic N) is 4. The summed E-state index contributed by atoms with van der Waals surface area (Å²) in [5, 5.41) is 0.418. The predicted octanol–water partition coefficient (Wildman–Crippen LogP) is 2.31. The fraction of sp³-hybridized carbons (Fsp3) is 0.933. The van der Waals surface area contributed by atoms with Crippen LogP contribution in [0.3, 0.4) is 0 Å². The molecule has 1 saturated heterocycles. The third-order valence-corrected chi connectivity index (χ3v) is 6.21. The van der Waals surface area contributed by atoms with Crippen LogP contribution in [0.5, 0.6) is 0 Å². The lowest BCUT2D eigenvalue weighted by Crippen LogP contribution is -2.57. The van der Waals surface area contributed by atoms with Gasteiger partial charge >= 0.3 is 6.03 Å². The Kier molecular flexibility index (Phi) is 8.38. The maximum Gasteiger partial charge on any atom is 0.320 e. The van der Waals surface area contributed by atoms with Gasteiger partial charge in [-0.3, -0.25) is 9.80 Å². The molecule has 130 valence electrons. The monoisotopic (exact) mass is 348 g/mol. The highest BCUT2D eigenvalue weighted by Crippen LogP contribution is 2.17. The minimum atomic E-state index is 0.152. The zero-order valence-corrected chi connectivity index (χ0v) is 16.5. The topological polar surface area (TPSA) is 30.0 Å². The molecule has 0 saturated carbocycles. The largest absolute Gasteiger partial charge is 0.325 e. The molecule has 1 aliphatic rings. The minimum absolute atomic E-state index is 0.152. The Morgan fingerprint density at radius 2 is 1.95 bits per heavy atom. The number of hydrogen-bond donors (Lipinski definition) is 1. The van der Waals surface area contributed by atoms with Crippen LogP contribution in [0.2, 0.25) is 0 Å². The molecule has 1 fully saturated rings. The van der Waals surface area contributed by atoms with Crippen molar-refractivity contribution in [2.75, 3.05) is 46.8 Å². The van der Waals surface area contributed by atoms with E-state index < -0.39 is 0 Å². The molecule has 2 amide bonds. The Hall–Kier alpha value is -0.110. The van der Waals surface area contributed by atoms with Crippen molar-refractivity contribution in [3.05, 3.63) is 0 Å². The van der Waals surface area contributed by atoms with Gasteiger partial charge in [-0.05, 0) is 34.7 Å². The van der Waals surface area contributed by atoms with E-state index in [-0.39, 0.29) is 12.1 Å². The molecule has 2 unspecified atom stereocenters. The number of amides is 2. The summed E-state index contributed by atoms with van der Waals surface area (Å²) >= 11 is 4.27. The zero-order chi connectivity index (χ0) is 16.9. The standard InChI is InChI=1S/C15H32N4OS2/c1-12(2)17(6)15(20)19-10-9-18(13(3)11-19)8-7-16(5)14(4)22-21/h12-14,21H,7-11H2,1-6H3. The molecule has 0 aromatic rings. The van der Waals surface area contributed by atoms with Crippen LogP contribution in [0, 0.1) is 0 Å². The molecule has 2 atom stereocenters. The molecule has 0 radical (unpaired) electrons. The van der Waals surface area contributed by atoms with Gasteiger partial charge in [0.2, 0.25) is 0 Å². The maximum absolute atomic E-state index is 12.4. The lowest BCUT2D eigenvalue weighted by Gasteiger charge is -2.42. The second-order valence-corrected chi connectivity index (χ2v) is 8.03. The second-order valence-electron chi connectivity index (χ2n) is 6.50. The van der Waals surface area contributed by atoms with Crippen LogP contribution in [0.25, 0.3) is 0 Å². The first kappa shape index (κ1) is 19.9. The highest BCUT2D eigenvalue weighted by atomic mass is 33.1. The van der Waals surface area contributed by atoms with Gasteiger partial charge in [0, 0.05) is 51.9 Å². The van der Waals surface area contributed by atoms with Crippen LogP contribution in [0.4, 0.5) is 4.79 Å². The average molecular weight is 349 g/mol. The Morgan fingerprint density at radius 3 is 2.45 bits per heavy atom. The van der Waals surface area contributed by atoms with Crippen LogP contribution >= 0.6 is 22.5 Å². The molecule has 0 aromatic carbocycles. The van der Waals surface area contributed by atoms with Crippen molar-refractivity contribution < 1.29 is 4.79 Å². The van der Waals surface area contributed by atoms with Crippen molar-refractivity contribution in [1.82, 2.24) is 19.6 Å². The summed E-state index contributed by atoms with van der Waals surface area (Å²) < 4.78 is 0. The van der Waals surface area contributed by atoms with E-state index in [1.54, 1.807) is 10.8 Å². The van der Waals surface area contributed by atoms with Gasteiger partial charge in [-0.1, -0.05) is 10.8 Å². The lowest BCUT2D eigenvalue weighted by atomic mass is 10.2.